The SMILES string of the molecule is COc1ccc2c(c1)CC[C@@H]1[C@@H]2CC[C@@]2(C)[C@]13CC[C@@]2(O)[C@@H](C)[C@@H]3S(=O)(=O)c1ccccc1. The highest BCUT2D eigenvalue weighted by Crippen LogP contribution is 2.80. The number of methoxy groups -OCH3 is 1. The number of sulfone groups is 1. The Kier molecular flexibility index (Phi) is 4.50. The molecule has 1 N–H and O–H groups in total. The molecule has 5 heteroatoms. The molecule has 4 nitrogen and oxygen atoms in total. The molecule has 3 saturated carbocycles. The van der Waals surface area contributed by atoms with Crippen LogP contribution < -0.4 is 4.74 Å². The monoisotopic (exact) mass is 466 g/mol. The predicted octanol–water partition coefficient (Wildman–Crippen LogP) is 5.14. The van der Waals surface area contributed by atoms with E-state index in [1.165, 1.54) is 11.1 Å². The fourth-order valence-corrected chi connectivity index (χ4v) is 11.9. The zero-order valence-corrected chi connectivity index (χ0v) is 20.6. The molecule has 0 radical (unpaired) electrons. The van der Waals surface area contributed by atoms with E-state index in [2.05, 4.69) is 19.1 Å². The molecule has 4 aliphatic carbocycles. The van der Waals surface area contributed by atoms with Crippen LogP contribution >= 0.6 is 0 Å². The number of hydrogen-bond donors (Lipinski definition) is 1. The number of fused-ring (bicyclic) bond motifs is 3. The Morgan fingerprint density at radius 2 is 1.79 bits per heavy atom. The zero-order chi connectivity index (χ0) is 23.2. The van der Waals surface area contributed by atoms with Gasteiger partial charge in [-0.1, -0.05) is 38.1 Å². The first-order chi connectivity index (χ1) is 15.7. The van der Waals surface area contributed by atoms with Gasteiger partial charge in [0, 0.05) is 11.3 Å². The number of aliphatic hydroxyl groups is 1. The van der Waals surface area contributed by atoms with Gasteiger partial charge in [-0.05, 0) is 91.2 Å². The van der Waals surface area contributed by atoms with Crippen LogP contribution in [0.3, 0.4) is 0 Å². The molecule has 3 fully saturated rings. The van der Waals surface area contributed by atoms with Gasteiger partial charge in [-0.2, -0.15) is 0 Å². The summed E-state index contributed by atoms with van der Waals surface area (Å²) in [6.45, 7) is 4.23. The molecule has 33 heavy (non-hydrogen) atoms. The molecule has 2 aromatic rings. The lowest BCUT2D eigenvalue weighted by Gasteiger charge is -2.58. The zero-order valence-electron chi connectivity index (χ0n) is 19.8. The highest BCUT2D eigenvalue weighted by atomic mass is 32.2. The lowest BCUT2D eigenvalue weighted by Crippen LogP contribution is -2.56. The van der Waals surface area contributed by atoms with Crippen LogP contribution in [0.1, 0.15) is 63.0 Å². The molecule has 4 aliphatic rings. The third kappa shape index (κ3) is 2.43. The van der Waals surface area contributed by atoms with Crippen molar-refractivity contribution in [3.8, 4) is 5.75 Å². The Morgan fingerprint density at radius 1 is 1.03 bits per heavy atom. The van der Waals surface area contributed by atoms with E-state index in [-0.39, 0.29) is 17.3 Å². The van der Waals surface area contributed by atoms with Gasteiger partial charge in [-0.3, -0.25) is 0 Å². The molecule has 0 unspecified atom stereocenters. The summed E-state index contributed by atoms with van der Waals surface area (Å²) in [4.78, 5) is 0.401. The van der Waals surface area contributed by atoms with Gasteiger partial charge in [-0.25, -0.2) is 8.42 Å². The third-order valence-electron chi connectivity index (χ3n) is 10.6. The minimum absolute atomic E-state index is 0.264. The van der Waals surface area contributed by atoms with Crippen LogP contribution in [0.15, 0.2) is 53.4 Å². The normalized spacial score (nSPS) is 41.2. The average molecular weight is 467 g/mol. The quantitative estimate of drug-likeness (QED) is 0.680. The van der Waals surface area contributed by atoms with Gasteiger partial charge in [0.1, 0.15) is 5.75 Å². The topological polar surface area (TPSA) is 63.6 Å². The summed E-state index contributed by atoms with van der Waals surface area (Å²) in [6.07, 6.45) is 5.31. The highest BCUT2D eigenvalue weighted by Gasteiger charge is 2.81. The molecule has 176 valence electrons. The first-order valence-electron chi connectivity index (χ1n) is 12.4. The molecule has 0 spiro atoms. The summed E-state index contributed by atoms with van der Waals surface area (Å²) < 4.78 is 34.0. The van der Waals surface area contributed by atoms with Crippen molar-refractivity contribution >= 4 is 9.84 Å². The van der Waals surface area contributed by atoms with Crippen molar-refractivity contribution in [1.29, 1.82) is 0 Å². The molecule has 0 aromatic heterocycles. The lowest BCUT2D eigenvalue weighted by molar-refractivity contribution is -0.110. The summed E-state index contributed by atoms with van der Waals surface area (Å²) in [5.74, 6) is 1.21. The number of aryl methyl sites for hydroxylation is 1. The van der Waals surface area contributed by atoms with E-state index in [4.69, 9.17) is 4.74 Å². The van der Waals surface area contributed by atoms with Gasteiger partial charge in [0.2, 0.25) is 0 Å². The van der Waals surface area contributed by atoms with Gasteiger partial charge in [-0.15, -0.1) is 0 Å². The maximum absolute atomic E-state index is 14.2. The first kappa shape index (κ1) is 21.7. The van der Waals surface area contributed by atoms with Crippen LogP contribution in [-0.4, -0.2) is 31.5 Å². The van der Waals surface area contributed by atoms with Crippen molar-refractivity contribution in [2.75, 3.05) is 7.11 Å². The van der Waals surface area contributed by atoms with Gasteiger partial charge < -0.3 is 9.84 Å². The number of rotatable bonds is 3. The number of benzene rings is 2. The Balaban J connectivity index is 1.53. The van der Waals surface area contributed by atoms with Gasteiger partial charge in [0.05, 0.1) is 22.9 Å². The van der Waals surface area contributed by atoms with Gasteiger partial charge in [0.15, 0.2) is 9.84 Å². The van der Waals surface area contributed by atoms with E-state index in [1.54, 1.807) is 19.2 Å². The average Bonchev–Trinajstić information content (AvgIpc) is 3.16. The van der Waals surface area contributed by atoms with Crippen LogP contribution in [0, 0.1) is 22.7 Å². The van der Waals surface area contributed by atoms with Crippen LogP contribution in [0.2, 0.25) is 0 Å². The summed E-state index contributed by atoms with van der Waals surface area (Å²) in [5.41, 5.74) is 1.00. The van der Waals surface area contributed by atoms with Gasteiger partial charge in [0.25, 0.3) is 0 Å². The molecule has 0 heterocycles. The maximum atomic E-state index is 14.2. The van der Waals surface area contributed by atoms with Crippen LogP contribution in [0.4, 0.5) is 0 Å². The fraction of sp³-hybridized carbons (Fsp3) is 0.571. The molecule has 0 saturated heterocycles. The summed E-state index contributed by atoms with van der Waals surface area (Å²) >= 11 is 0. The molecule has 6 rings (SSSR count). The summed E-state index contributed by atoms with van der Waals surface area (Å²) in [7, 11) is -1.89. The largest absolute Gasteiger partial charge is 0.497 e. The number of ether oxygens (including phenoxy) is 1. The van der Waals surface area contributed by atoms with Crippen molar-refractivity contribution < 1.29 is 18.3 Å². The van der Waals surface area contributed by atoms with Crippen molar-refractivity contribution in [3.05, 3.63) is 59.7 Å². The van der Waals surface area contributed by atoms with Crippen molar-refractivity contribution in [1.82, 2.24) is 0 Å². The van der Waals surface area contributed by atoms with Gasteiger partial charge >= 0.3 is 0 Å². The summed E-state index contributed by atoms with van der Waals surface area (Å²) in [5, 5.41) is 11.6. The number of hydrogen-bond acceptors (Lipinski definition) is 4. The molecular formula is C28H34O4S. The minimum atomic E-state index is -3.59. The Labute approximate surface area is 197 Å². The standard InChI is InChI=1S/C28H34O4S/c1-18-25(33(30,31)21-7-5-4-6-8-21)27-15-16-28(18,29)26(27,2)14-13-23-22-11-10-20(32-3)17-19(22)9-12-24(23)27/h4-8,10-11,17-18,23-25,29H,9,12-16H2,1-3H3/t18-,23+,24+,25-,26-,27+,28+/m0/s1. The summed E-state index contributed by atoms with van der Waals surface area (Å²) in [6, 6.07) is 15.4. The third-order valence-corrected chi connectivity index (χ3v) is 13.0. The predicted molar refractivity (Wildman–Crippen MR) is 128 cm³/mol. The van der Waals surface area contributed by atoms with Crippen molar-refractivity contribution in [2.45, 2.75) is 74.0 Å². The minimum Gasteiger partial charge on any atom is -0.497 e. The van der Waals surface area contributed by atoms with Crippen molar-refractivity contribution in [3.63, 3.8) is 0 Å². The second-order valence-electron chi connectivity index (χ2n) is 11.2. The molecule has 7 atom stereocenters. The Morgan fingerprint density at radius 3 is 2.52 bits per heavy atom. The van der Waals surface area contributed by atoms with E-state index in [1.807, 2.05) is 31.2 Å². The maximum Gasteiger partial charge on any atom is 0.182 e. The van der Waals surface area contributed by atoms with E-state index in [0.29, 0.717) is 17.2 Å². The highest BCUT2D eigenvalue weighted by molar-refractivity contribution is 7.92. The van der Waals surface area contributed by atoms with E-state index in [9.17, 15) is 13.5 Å². The van der Waals surface area contributed by atoms with Crippen LogP contribution in [-0.2, 0) is 16.3 Å². The molecule has 2 bridgehead atoms. The molecule has 0 amide bonds. The van der Waals surface area contributed by atoms with E-state index >= 15 is 0 Å². The molecular weight excluding hydrogens is 432 g/mol. The van der Waals surface area contributed by atoms with Crippen LogP contribution in [0.5, 0.6) is 5.75 Å². The fourth-order valence-electron chi connectivity index (χ4n) is 9.23. The lowest BCUT2D eigenvalue weighted by atomic mass is 9.48. The van der Waals surface area contributed by atoms with E-state index in [0.717, 1.165) is 37.9 Å². The Hall–Kier alpha value is -1.85. The first-order valence-corrected chi connectivity index (χ1v) is 13.9. The molecule has 0 aliphatic heterocycles. The Bertz CT molecular complexity index is 1210. The van der Waals surface area contributed by atoms with E-state index < -0.39 is 26.1 Å². The van der Waals surface area contributed by atoms with Crippen molar-refractivity contribution in [2.24, 2.45) is 22.7 Å². The second-order valence-corrected chi connectivity index (χ2v) is 13.3. The smallest absolute Gasteiger partial charge is 0.182 e. The molecule has 2 aromatic carbocycles. The van der Waals surface area contributed by atoms with Crippen LogP contribution in [0.25, 0.3) is 0 Å². The second kappa shape index (κ2) is 6.85.